The number of rotatable bonds is 16. The van der Waals surface area contributed by atoms with Gasteiger partial charge in [0.25, 0.3) is 0 Å². The topological polar surface area (TPSA) is 180 Å². The van der Waals surface area contributed by atoms with Crippen molar-refractivity contribution in [3.63, 3.8) is 0 Å². The van der Waals surface area contributed by atoms with Gasteiger partial charge in [-0.3, -0.25) is 4.98 Å². The van der Waals surface area contributed by atoms with E-state index in [0.29, 0.717) is 45.2 Å². The number of carbonyl (C=O) groups excluding carboxylic acids is 4. The van der Waals surface area contributed by atoms with E-state index < -0.39 is 35.7 Å². The van der Waals surface area contributed by atoms with Crippen LogP contribution in [-0.2, 0) is 45.3 Å². The molecule has 2 aliphatic rings. The van der Waals surface area contributed by atoms with Crippen LogP contribution in [0.5, 0.6) is 11.5 Å². The van der Waals surface area contributed by atoms with Crippen molar-refractivity contribution < 1.29 is 47.6 Å². The van der Waals surface area contributed by atoms with Gasteiger partial charge >= 0.3 is 159 Å². The molecule has 0 aliphatic carbocycles. The average Bonchev–Trinajstić information content (AvgIpc) is 3.38. The first-order valence-electron chi connectivity index (χ1n) is 26.4. The van der Waals surface area contributed by atoms with Gasteiger partial charge in [0, 0.05) is 35.0 Å². The number of hydrogen-bond donors (Lipinski definition) is 2. The molecule has 2 N–H and O–H groups in total. The van der Waals surface area contributed by atoms with Gasteiger partial charge in [0.1, 0.15) is 30.2 Å². The van der Waals surface area contributed by atoms with Crippen molar-refractivity contribution in [3.8, 4) is 22.6 Å². The Morgan fingerprint density at radius 3 is 1.47 bits per heavy atom. The van der Waals surface area contributed by atoms with Crippen molar-refractivity contribution >= 4 is 68.9 Å². The number of pyridine rings is 2. The van der Waals surface area contributed by atoms with Gasteiger partial charge in [-0.05, 0) is 117 Å². The molecule has 0 bridgehead atoms. The molecule has 4 heterocycles. The first-order chi connectivity index (χ1) is 37.6. The fourth-order valence-electron chi connectivity index (χ4n) is 7.75. The van der Waals surface area contributed by atoms with Crippen molar-refractivity contribution in [3.05, 3.63) is 172 Å². The number of carbonyl (C=O) groups is 4. The Morgan fingerprint density at radius 1 is 0.557 bits per heavy atom. The summed E-state index contributed by atoms with van der Waals surface area (Å²) in [5, 5.41) is 5.50. The number of likely N-dealkylation sites (tertiary alicyclic amines) is 2. The van der Waals surface area contributed by atoms with Gasteiger partial charge in [-0.25, -0.2) is 14.4 Å². The summed E-state index contributed by atoms with van der Waals surface area (Å²) >= 11 is 0.0864. The van der Waals surface area contributed by atoms with Crippen LogP contribution in [0.4, 0.5) is 19.2 Å². The van der Waals surface area contributed by atoms with E-state index in [4.69, 9.17) is 28.4 Å². The van der Waals surface area contributed by atoms with Gasteiger partial charge in [-0.1, -0.05) is 78.9 Å². The Balaban J connectivity index is 0.000000208. The number of ether oxygens (including phenoxy) is 6. The molecule has 2 atom stereocenters. The molecule has 4 amide bonds. The Bertz CT molecular complexity index is 2920. The van der Waals surface area contributed by atoms with Crippen molar-refractivity contribution in [2.75, 3.05) is 26.3 Å². The zero-order valence-corrected chi connectivity index (χ0v) is 51.8. The van der Waals surface area contributed by atoms with Crippen LogP contribution in [0, 0.1) is 3.57 Å². The molecule has 0 radical (unpaired) electrons. The van der Waals surface area contributed by atoms with Crippen LogP contribution in [0.15, 0.2) is 146 Å². The van der Waals surface area contributed by atoms with E-state index in [1.165, 1.54) is 3.58 Å². The molecule has 2 saturated heterocycles. The van der Waals surface area contributed by atoms with Crippen molar-refractivity contribution in [2.45, 2.75) is 119 Å². The van der Waals surface area contributed by atoms with E-state index >= 15 is 0 Å². The van der Waals surface area contributed by atoms with Gasteiger partial charge in [0.15, 0.2) is 0 Å². The van der Waals surface area contributed by atoms with Gasteiger partial charge < -0.3 is 34.5 Å². The summed E-state index contributed by atoms with van der Waals surface area (Å²) in [5.41, 5.74) is 4.81. The summed E-state index contributed by atoms with van der Waals surface area (Å²) in [6, 6.07) is 39.2. The molecule has 0 unspecified atom stereocenters. The zero-order chi connectivity index (χ0) is 57.0. The maximum atomic E-state index is 12.5. The summed E-state index contributed by atoms with van der Waals surface area (Å²) in [7, 11) is 0. The number of benzene rings is 4. The molecule has 6 aromatic rings. The van der Waals surface area contributed by atoms with E-state index in [-0.39, 0.29) is 37.0 Å². The van der Waals surface area contributed by atoms with Crippen molar-refractivity contribution in [1.82, 2.24) is 30.4 Å². The van der Waals surface area contributed by atoms with Gasteiger partial charge in [0.2, 0.25) is 0 Å². The number of nitrogens with one attached hydrogen (secondary N) is 2. The minimum absolute atomic E-state index is 0.0332. The van der Waals surface area contributed by atoms with Crippen molar-refractivity contribution in [2.24, 2.45) is 0 Å². The first-order valence-corrected chi connectivity index (χ1v) is 37.5. The Labute approximate surface area is 483 Å². The Morgan fingerprint density at radius 2 is 1.01 bits per heavy atom. The van der Waals surface area contributed by atoms with Crippen molar-refractivity contribution in [1.29, 1.82) is 0 Å². The molecular formula is C61H75IN6O10Sn. The third-order valence-corrected chi connectivity index (χ3v) is 18.6. The normalized spacial score (nSPS) is 14.7. The summed E-state index contributed by atoms with van der Waals surface area (Å²) in [4.78, 5) is 67.2. The molecule has 8 rings (SSSR count). The minimum atomic E-state index is -2.15. The fraction of sp³-hybridized carbons (Fsp3) is 0.377. The number of hydrogen-bond acceptors (Lipinski definition) is 12. The van der Waals surface area contributed by atoms with Crippen LogP contribution in [0.1, 0.15) is 76.6 Å². The van der Waals surface area contributed by atoms with E-state index in [0.717, 1.165) is 62.1 Å². The van der Waals surface area contributed by atoms with Gasteiger partial charge in [-0.15, -0.1) is 0 Å². The van der Waals surface area contributed by atoms with E-state index in [9.17, 15) is 19.2 Å². The van der Waals surface area contributed by atoms with Crippen LogP contribution in [0.2, 0.25) is 14.8 Å². The monoisotopic (exact) mass is 1300 g/mol. The number of nitrogens with zero attached hydrogens (tertiary/aromatic N) is 4. The second kappa shape index (κ2) is 29.6. The van der Waals surface area contributed by atoms with Crippen LogP contribution in [-0.4, -0.2) is 112 Å². The molecular weight excluding hydrogens is 1220 g/mol. The molecule has 18 heteroatoms. The molecule has 16 nitrogen and oxygen atoms in total. The third kappa shape index (κ3) is 21.9. The molecule has 420 valence electrons. The fourth-order valence-corrected chi connectivity index (χ4v) is 11.3. The van der Waals surface area contributed by atoms with Crippen LogP contribution < -0.4 is 23.7 Å². The predicted octanol–water partition coefficient (Wildman–Crippen LogP) is 12.3. The molecule has 0 saturated carbocycles. The average molecular weight is 1300 g/mol. The maximum absolute atomic E-state index is 12.5. The molecule has 79 heavy (non-hydrogen) atoms. The predicted molar refractivity (Wildman–Crippen MR) is 317 cm³/mol. The van der Waals surface area contributed by atoms with Crippen LogP contribution >= 0.6 is 22.6 Å². The standard InChI is InChI=1S/C29H33N3O5.C17H17N2O3.C12H16INO2.3CH3.Sn/c1-29(2,3)37-27(33)31-16-22-10-7-11-23(14-22)24-15-26(18-30-17-24)35-20-25-12-13-32(25)28(34)36-19-21-8-5-4-6-9-21;20-17(22-12-14-5-2-1-3-6-14)19-10-8-15(19)13-21-16-7-4-9-18-11-16;1-12(2,3)16-11(15)14-8-9-5-4-6-10(13)7-9;;;;/h4-11,14-15,17-18,25H,12-13,16,19-20H2,1-3H3,(H,31,33);1-3,5-7,9,11,15H,8,10,12-13H2;4-7H,8H2,1-3H3,(H,14,15);3*1H3;/t25-;15-;;;;;/m00...../s1. The summed E-state index contributed by atoms with van der Waals surface area (Å²) in [5.74, 6) is 1.41. The second-order valence-electron chi connectivity index (χ2n) is 22.1. The quantitative estimate of drug-likeness (QED) is 0.0533. The van der Waals surface area contributed by atoms with Crippen LogP contribution in [0.25, 0.3) is 11.1 Å². The number of amides is 4. The molecule has 4 aromatic carbocycles. The van der Waals surface area contributed by atoms with E-state index in [2.05, 4.69) is 64.1 Å². The molecule has 2 fully saturated rings. The molecule has 0 spiro atoms. The van der Waals surface area contributed by atoms with E-state index in [1.807, 2.05) is 163 Å². The van der Waals surface area contributed by atoms with Crippen LogP contribution in [0.3, 0.4) is 0 Å². The van der Waals surface area contributed by atoms with E-state index in [1.54, 1.807) is 28.4 Å². The first kappa shape index (κ1) is 61.6. The van der Waals surface area contributed by atoms with Gasteiger partial charge in [0.05, 0.1) is 12.2 Å². The third-order valence-electron chi connectivity index (χ3n) is 12.2. The SMILES string of the molecule is CC(C)(C)OC(=O)NCc1cccc(-c2cncc(OC[C@@H]3CCN3C(=O)OCc3ccccc3)c2)c1.CC(C)(C)OC(=O)NCc1cccc(I)c1.[CH3][Sn]([CH3])([CH3])[c]1cncc(OC[C@@H]2CCN2C(=O)OCc2ccccc2)c1. The molecule has 2 aliphatic heterocycles. The molecule has 2 aromatic heterocycles. The summed E-state index contributed by atoms with van der Waals surface area (Å²) in [6.07, 6.45) is 7.50. The zero-order valence-electron chi connectivity index (χ0n) is 46.8. The second-order valence-corrected chi connectivity index (χ2v) is 37.8. The summed E-state index contributed by atoms with van der Waals surface area (Å²) < 4.78 is 35.7. The van der Waals surface area contributed by atoms with Gasteiger partial charge in [-0.2, -0.15) is 0 Å². The Hall–Kier alpha value is -6.61. The number of halogens is 1. The number of aromatic nitrogens is 2. The number of alkyl carbamates (subject to hydrolysis) is 2. The Kier molecular flexibility index (Phi) is 23.0. The summed E-state index contributed by atoms with van der Waals surface area (Å²) in [6.45, 7) is 14.6.